The van der Waals surface area contributed by atoms with E-state index in [0.29, 0.717) is 12.0 Å². The molecule has 5 heteroatoms. The van der Waals surface area contributed by atoms with Crippen molar-refractivity contribution in [1.29, 1.82) is 0 Å². The summed E-state index contributed by atoms with van der Waals surface area (Å²) in [5, 5.41) is 8.85. The number of halogens is 1. The minimum Gasteiger partial charge on any atom is -0.477 e. The molecule has 0 aliphatic heterocycles. The van der Waals surface area contributed by atoms with E-state index in [9.17, 15) is 14.0 Å². The molecule has 1 aromatic carbocycles. The number of rotatable bonds is 4. The first-order valence-electron chi connectivity index (χ1n) is 5.76. The largest absolute Gasteiger partial charge is 0.477 e. The average Bonchev–Trinajstić information content (AvgIpc) is 2.39. The molecule has 0 fully saturated rings. The van der Waals surface area contributed by atoms with Gasteiger partial charge in [-0.2, -0.15) is 0 Å². The molecule has 0 bridgehead atoms. The van der Waals surface area contributed by atoms with Crippen LogP contribution in [0.3, 0.4) is 0 Å². The van der Waals surface area contributed by atoms with E-state index in [-0.39, 0.29) is 17.9 Å². The second-order valence-corrected chi connectivity index (χ2v) is 4.07. The molecule has 2 rings (SSSR count). The molecule has 0 amide bonds. The van der Waals surface area contributed by atoms with Crippen molar-refractivity contribution in [2.24, 2.45) is 0 Å². The number of aromatic carboxylic acids is 1. The van der Waals surface area contributed by atoms with E-state index in [2.05, 4.69) is 0 Å². The maximum absolute atomic E-state index is 13.4. The Labute approximate surface area is 108 Å². The molecule has 0 aliphatic rings. The van der Waals surface area contributed by atoms with Crippen LogP contribution in [-0.2, 0) is 13.0 Å². The predicted octanol–water partition coefficient (Wildman–Crippen LogP) is 1.93. The maximum atomic E-state index is 13.4. The van der Waals surface area contributed by atoms with Gasteiger partial charge in [-0.25, -0.2) is 9.18 Å². The molecule has 2 aromatic rings. The molecule has 1 N–H and O–H groups in total. The lowest BCUT2D eigenvalue weighted by Gasteiger charge is -2.07. The summed E-state index contributed by atoms with van der Waals surface area (Å²) in [5.41, 5.74) is -0.363. The Hall–Kier alpha value is -2.43. The highest BCUT2D eigenvalue weighted by Gasteiger charge is 2.10. The van der Waals surface area contributed by atoms with E-state index in [1.807, 2.05) is 0 Å². The van der Waals surface area contributed by atoms with Gasteiger partial charge in [-0.05, 0) is 30.2 Å². The molecule has 0 aliphatic carbocycles. The Kier molecular flexibility index (Phi) is 3.75. The van der Waals surface area contributed by atoms with E-state index in [1.54, 1.807) is 18.2 Å². The quantitative estimate of drug-likeness (QED) is 0.914. The number of carbonyl (C=O) groups is 1. The molecule has 98 valence electrons. The molecular weight excluding hydrogens is 249 g/mol. The van der Waals surface area contributed by atoms with E-state index < -0.39 is 11.5 Å². The first kappa shape index (κ1) is 13.0. The van der Waals surface area contributed by atoms with Crippen molar-refractivity contribution >= 4 is 5.97 Å². The van der Waals surface area contributed by atoms with Gasteiger partial charge in [0.2, 0.25) is 0 Å². The van der Waals surface area contributed by atoms with Gasteiger partial charge < -0.3 is 9.67 Å². The summed E-state index contributed by atoms with van der Waals surface area (Å²) >= 11 is 0. The highest BCUT2D eigenvalue weighted by Crippen LogP contribution is 2.07. The minimum atomic E-state index is -1.26. The highest BCUT2D eigenvalue weighted by molar-refractivity contribution is 5.86. The standard InChI is InChI=1S/C14H12FNO3/c15-12-6-2-1-4-10(12)7-9-16-8-3-5-11(13(16)17)14(18)19/h1-6,8H,7,9H2,(H,18,19). The van der Waals surface area contributed by atoms with Crippen LogP contribution >= 0.6 is 0 Å². The summed E-state index contributed by atoms with van der Waals surface area (Å²) in [4.78, 5) is 22.6. The van der Waals surface area contributed by atoms with Crippen molar-refractivity contribution in [1.82, 2.24) is 4.57 Å². The van der Waals surface area contributed by atoms with E-state index in [0.717, 1.165) is 0 Å². The van der Waals surface area contributed by atoms with Crippen molar-refractivity contribution in [2.75, 3.05) is 0 Å². The zero-order valence-corrected chi connectivity index (χ0v) is 10.0. The first-order chi connectivity index (χ1) is 9.09. The third kappa shape index (κ3) is 2.88. The molecule has 4 nitrogen and oxygen atoms in total. The van der Waals surface area contributed by atoms with Gasteiger partial charge in [0.05, 0.1) is 0 Å². The second kappa shape index (κ2) is 5.48. The van der Waals surface area contributed by atoms with Crippen LogP contribution in [0, 0.1) is 5.82 Å². The molecular formula is C14H12FNO3. The van der Waals surface area contributed by atoms with Crippen molar-refractivity contribution < 1.29 is 14.3 Å². The molecule has 0 unspecified atom stereocenters. The van der Waals surface area contributed by atoms with Crippen LogP contribution in [-0.4, -0.2) is 15.6 Å². The minimum absolute atomic E-state index is 0.237. The van der Waals surface area contributed by atoms with Crippen LogP contribution in [0.15, 0.2) is 47.4 Å². The number of carboxylic acids is 1. The third-order valence-electron chi connectivity index (χ3n) is 2.83. The van der Waals surface area contributed by atoms with Crippen molar-refractivity contribution in [2.45, 2.75) is 13.0 Å². The lowest BCUT2D eigenvalue weighted by molar-refractivity contribution is 0.0694. The van der Waals surface area contributed by atoms with Crippen LogP contribution in [0.2, 0.25) is 0 Å². The normalized spacial score (nSPS) is 10.4. The fraction of sp³-hybridized carbons (Fsp3) is 0.143. The summed E-state index contributed by atoms with van der Waals surface area (Å²) < 4.78 is 14.7. The zero-order valence-electron chi connectivity index (χ0n) is 10.0. The predicted molar refractivity (Wildman–Crippen MR) is 67.8 cm³/mol. The van der Waals surface area contributed by atoms with Crippen LogP contribution in [0.4, 0.5) is 4.39 Å². The fourth-order valence-electron chi connectivity index (χ4n) is 1.82. The lowest BCUT2D eigenvalue weighted by Crippen LogP contribution is -2.26. The lowest BCUT2D eigenvalue weighted by atomic mass is 10.1. The number of hydrogen-bond donors (Lipinski definition) is 1. The van der Waals surface area contributed by atoms with Crippen LogP contribution in [0.1, 0.15) is 15.9 Å². The molecule has 0 saturated heterocycles. The summed E-state index contributed by atoms with van der Waals surface area (Å²) in [5.74, 6) is -1.59. The van der Waals surface area contributed by atoms with Gasteiger partial charge in [0, 0.05) is 12.7 Å². The highest BCUT2D eigenvalue weighted by atomic mass is 19.1. The summed E-state index contributed by atoms with van der Waals surface area (Å²) in [6, 6.07) is 9.05. The topological polar surface area (TPSA) is 59.3 Å². The Morgan fingerprint density at radius 2 is 1.95 bits per heavy atom. The molecule has 0 atom stereocenters. The number of pyridine rings is 1. The monoisotopic (exact) mass is 261 g/mol. The van der Waals surface area contributed by atoms with Crippen LogP contribution < -0.4 is 5.56 Å². The molecule has 19 heavy (non-hydrogen) atoms. The van der Waals surface area contributed by atoms with Gasteiger partial charge in [0.1, 0.15) is 11.4 Å². The van der Waals surface area contributed by atoms with Crippen LogP contribution in [0.5, 0.6) is 0 Å². The zero-order chi connectivity index (χ0) is 13.8. The van der Waals surface area contributed by atoms with Gasteiger partial charge in [0.15, 0.2) is 0 Å². The number of aromatic nitrogens is 1. The van der Waals surface area contributed by atoms with Gasteiger partial charge in [0.25, 0.3) is 5.56 Å². The maximum Gasteiger partial charge on any atom is 0.341 e. The van der Waals surface area contributed by atoms with Gasteiger partial charge in [-0.1, -0.05) is 18.2 Å². The molecule has 1 aromatic heterocycles. The first-order valence-corrected chi connectivity index (χ1v) is 5.76. The van der Waals surface area contributed by atoms with E-state index in [1.165, 1.54) is 29.0 Å². The van der Waals surface area contributed by atoms with E-state index >= 15 is 0 Å². The molecule has 0 saturated carbocycles. The average molecular weight is 261 g/mol. The fourth-order valence-corrected chi connectivity index (χ4v) is 1.82. The summed E-state index contributed by atoms with van der Waals surface area (Å²) in [6.07, 6.45) is 1.82. The van der Waals surface area contributed by atoms with Gasteiger partial charge in [-0.15, -0.1) is 0 Å². The Morgan fingerprint density at radius 1 is 1.21 bits per heavy atom. The third-order valence-corrected chi connectivity index (χ3v) is 2.83. The Balaban J connectivity index is 2.21. The Morgan fingerprint density at radius 3 is 2.63 bits per heavy atom. The van der Waals surface area contributed by atoms with Gasteiger partial charge in [-0.3, -0.25) is 4.79 Å². The number of hydrogen-bond acceptors (Lipinski definition) is 2. The molecule has 0 spiro atoms. The smallest absolute Gasteiger partial charge is 0.341 e. The van der Waals surface area contributed by atoms with Crippen molar-refractivity contribution in [3.8, 4) is 0 Å². The SMILES string of the molecule is O=C(O)c1cccn(CCc2ccccc2F)c1=O. The second-order valence-electron chi connectivity index (χ2n) is 4.07. The molecule has 0 radical (unpaired) electrons. The van der Waals surface area contributed by atoms with E-state index in [4.69, 9.17) is 5.11 Å². The van der Waals surface area contributed by atoms with Crippen molar-refractivity contribution in [3.05, 3.63) is 69.9 Å². The number of carboxylic acid groups (broad SMARTS) is 1. The van der Waals surface area contributed by atoms with Gasteiger partial charge >= 0.3 is 5.97 Å². The number of aryl methyl sites for hydroxylation is 2. The Bertz CT molecular complexity index is 664. The van der Waals surface area contributed by atoms with Crippen LogP contribution in [0.25, 0.3) is 0 Å². The van der Waals surface area contributed by atoms with Crippen molar-refractivity contribution in [3.63, 3.8) is 0 Å². The number of benzene rings is 1. The summed E-state index contributed by atoms with van der Waals surface area (Å²) in [7, 11) is 0. The summed E-state index contributed by atoms with van der Waals surface area (Å²) in [6.45, 7) is 0.237. The molecule has 1 heterocycles. The number of nitrogens with zero attached hydrogens (tertiary/aromatic N) is 1.